The number of likely N-dealkylation sites (tertiary alicyclic amines) is 1. The van der Waals surface area contributed by atoms with E-state index in [-0.39, 0.29) is 23.6 Å². The number of fused-ring (bicyclic) bond motifs is 1. The topological polar surface area (TPSA) is 66.3 Å². The van der Waals surface area contributed by atoms with E-state index in [0.29, 0.717) is 34.0 Å². The first kappa shape index (κ1) is 22.0. The van der Waals surface area contributed by atoms with Crippen LogP contribution in [0.15, 0.2) is 66.7 Å². The Bertz CT molecular complexity index is 1490. The summed E-state index contributed by atoms with van der Waals surface area (Å²) in [6.07, 6.45) is 4.07. The van der Waals surface area contributed by atoms with E-state index in [1.165, 1.54) is 29.5 Å². The molecule has 0 spiro atoms. The second kappa shape index (κ2) is 8.03. The SMILES string of the molecule is CC(c1ccc(-c2nc3ccc(C4(c5ccc(F)cc5)C=C4)nc3s2)c(F)c1)N1CC(C(=O)O)C1. The number of carboxylic acids is 1. The van der Waals surface area contributed by atoms with Gasteiger partial charge in [0.25, 0.3) is 0 Å². The van der Waals surface area contributed by atoms with E-state index in [0.717, 1.165) is 16.8 Å². The van der Waals surface area contributed by atoms with Crippen LogP contribution in [0.2, 0.25) is 0 Å². The average molecular weight is 490 g/mol. The number of rotatable bonds is 6. The van der Waals surface area contributed by atoms with Crippen molar-refractivity contribution in [1.82, 2.24) is 14.9 Å². The van der Waals surface area contributed by atoms with Crippen LogP contribution in [0.4, 0.5) is 8.78 Å². The molecule has 1 atom stereocenters. The van der Waals surface area contributed by atoms with Crippen molar-refractivity contribution in [3.63, 3.8) is 0 Å². The molecule has 1 unspecified atom stereocenters. The van der Waals surface area contributed by atoms with Gasteiger partial charge in [-0.05, 0) is 54.4 Å². The molecule has 1 aliphatic heterocycles. The maximum Gasteiger partial charge on any atom is 0.309 e. The Hall–Kier alpha value is -3.49. The molecule has 8 heteroatoms. The number of hydrogen-bond acceptors (Lipinski definition) is 5. The molecule has 0 saturated carbocycles. The van der Waals surface area contributed by atoms with Gasteiger partial charge in [0.1, 0.15) is 27.0 Å². The van der Waals surface area contributed by atoms with Gasteiger partial charge in [0.2, 0.25) is 0 Å². The molecule has 1 saturated heterocycles. The van der Waals surface area contributed by atoms with Gasteiger partial charge in [-0.1, -0.05) is 41.7 Å². The number of allylic oxidation sites excluding steroid dienone is 2. The molecule has 0 radical (unpaired) electrons. The Morgan fingerprint density at radius 2 is 1.83 bits per heavy atom. The van der Waals surface area contributed by atoms with Crippen LogP contribution in [0.1, 0.15) is 29.8 Å². The van der Waals surface area contributed by atoms with Crippen LogP contribution in [0, 0.1) is 17.6 Å². The van der Waals surface area contributed by atoms with E-state index >= 15 is 4.39 Å². The monoisotopic (exact) mass is 489 g/mol. The molecule has 5 nitrogen and oxygen atoms in total. The first-order valence-corrected chi connectivity index (χ1v) is 12.2. The number of halogens is 2. The Morgan fingerprint density at radius 3 is 2.49 bits per heavy atom. The van der Waals surface area contributed by atoms with Crippen LogP contribution in [0.3, 0.4) is 0 Å². The average Bonchev–Trinajstić information content (AvgIpc) is 3.50. The normalized spacial score (nSPS) is 17.9. The van der Waals surface area contributed by atoms with Crippen molar-refractivity contribution in [1.29, 1.82) is 0 Å². The van der Waals surface area contributed by atoms with Crippen molar-refractivity contribution >= 4 is 27.7 Å². The number of aliphatic carboxylic acids is 1. The van der Waals surface area contributed by atoms with Gasteiger partial charge >= 0.3 is 5.97 Å². The van der Waals surface area contributed by atoms with E-state index in [1.54, 1.807) is 18.2 Å². The second-order valence-electron chi connectivity index (χ2n) is 9.15. The standard InChI is InChI=1S/C27H21F2N3O2S/c1-15(32-13-17(14-32)26(33)34)16-2-7-20(21(29)12-16)24-30-22-8-9-23(31-25(22)35-24)27(10-11-27)18-3-5-19(28)6-4-18/h2-12,15,17H,13-14H2,1H3,(H,33,34). The zero-order valence-corrected chi connectivity index (χ0v) is 19.6. The van der Waals surface area contributed by atoms with Crippen molar-refractivity contribution in [2.24, 2.45) is 5.92 Å². The minimum atomic E-state index is -0.788. The van der Waals surface area contributed by atoms with Gasteiger partial charge in [-0.3, -0.25) is 9.69 Å². The van der Waals surface area contributed by atoms with Crippen LogP contribution < -0.4 is 0 Å². The maximum absolute atomic E-state index is 15.1. The molecule has 3 heterocycles. The van der Waals surface area contributed by atoms with Gasteiger partial charge < -0.3 is 5.11 Å². The van der Waals surface area contributed by atoms with Gasteiger partial charge in [0.05, 0.1) is 17.0 Å². The van der Waals surface area contributed by atoms with Crippen molar-refractivity contribution < 1.29 is 18.7 Å². The summed E-state index contributed by atoms with van der Waals surface area (Å²) < 4.78 is 28.5. The third-order valence-electron chi connectivity index (χ3n) is 7.01. The molecule has 35 heavy (non-hydrogen) atoms. The van der Waals surface area contributed by atoms with Crippen LogP contribution in [0.25, 0.3) is 20.9 Å². The highest BCUT2D eigenvalue weighted by molar-refractivity contribution is 7.21. The van der Waals surface area contributed by atoms with E-state index in [1.807, 2.05) is 42.2 Å². The Kier molecular flexibility index (Phi) is 5.05. The Morgan fingerprint density at radius 1 is 1.09 bits per heavy atom. The lowest BCUT2D eigenvalue weighted by molar-refractivity contribution is -0.148. The quantitative estimate of drug-likeness (QED) is 0.359. The van der Waals surface area contributed by atoms with E-state index in [2.05, 4.69) is 4.98 Å². The number of thiazole rings is 1. The van der Waals surface area contributed by atoms with Crippen molar-refractivity contribution in [3.8, 4) is 10.6 Å². The molecule has 1 aliphatic carbocycles. The third kappa shape index (κ3) is 3.73. The molecule has 1 fully saturated rings. The Balaban J connectivity index is 1.26. The molecule has 0 bridgehead atoms. The molecule has 2 aliphatic rings. The van der Waals surface area contributed by atoms with Crippen molar-refractivity contribution in [2.45, 2.75) is 18.4 Å². The van der Waals surface area contributed by atoms with Crippen LogP contribution >= 0.6 is 11.3 Å². The molecule has 176 valence electrons. The predicted octanol–water partition coefficient (Wildman–Crippen LogP) is 5.57. The van der Waals surface area contributed by atoms with Gasteiger partial charge in [0, 0.05) is 24.7 Å². The number of hydrogen-bond donors (Lipinski definition) is 1. The minimum absolute atomic E-state index is 0.0672. The lowest BCUT2D eigenvalue weighted by Gasteiger charge is -2.41. The van der Waals surface area contributed by atoms with Gasteiger partial charge in [0.15, 0.2) is 0 Å². The fraction of sp³-hybridized carbons (Fsp3) is 0.222. The van der Waals surface area contributed by atoms with Crippen LogP contribution in [0.5, 0.6) is 0 Å². The predicted molar refractivity (Wildman–Crippen MR) is 130 cm³/mol. The summed E-state index contributed by atoms with van der Waals surface area (Å²) >= 11 is 1.33. The second-order valence-corrected chi connectivity index (χ2v) is 10.1. The van der Waals surface area contributed by atoms with Crippen molar-refractivity contribution in [3.05, 3.63) is 95.2 Å². The third-order valence-corrected chi connectivity index (χ3v) is 8.01. The largest absolute Gasteiger partial charge is 0.481 e. The number of pyridine rings is 1. The van der Waals surface area contributed by atoms with Gasteiger partial charge in [-0.15, -0.1) is 0 Å². The smallest absolute Gasteiger partial charge is 0.309 e. The summed E-state index contributed by atoms with van der Waals surface area (Å²) in [6, 6.07) is 15.3. The van der Waals surface area contributed by atoms with Crippen molar-refractivity contribution in [2.75, 3.05) is 13.1 Å². The first-order valence-electron chi connectivity index (χ1n) is 11.4. The number of carboxylic acid groups (broad SMARTS) is 1. The first-order chi connectivity index (χ1) is 16.8. The molecule has 1 N–H and O–H groups in total. The summed E-state index contributed by atoms with van der Waals surface area (Å²) in [5, 5.41) is 9.64. The summed E-state index contributed by atoms with van der Waals surface area (Å²) in [6.45, 7) is 2.90. The molecule has 0 amide bonds. The number of nitrogens with zero attached hydrogens (tertiary/aromatic N) is 3. The molecule has 2 aromatic carbocycles. The molecular formula is C27H21F2N3O2S. The van der Waals surface area contributed by atoms with Gasteiger partial charge in [-0.2, -0.15) is 0 Å². The molecule has 6 rings (SSSR count). The highest BCUT2D eigenvalue weighted by Crippen LogP contribution is 2.45. The molecular weight excluding hydrogens is 468 g/mol. The zero-order valence-electron chi connectivity index (χ0n) is 18.8. The summed E-state index contributed by atoms with van der Waals surface area (Å²) in [7, 11) is 0. The summed E-state index contributed by atoms with van der Waals surface area (Å²) in [5.74, 6) is -1.79. The number of benzene rings is 2. The fourth-order valence-electron chi connectivity index (χ4n) is 4.64. The molecule has 2 aromatic heterocycles. The van der Waals surface area contributed by atoms with E-state index < -0.39 is 11.4 Å². The highest BCUT2D eigenvalue weighted by atomic mass is 32.1. The number of aromatic nitrogens is 2. The number of carbonyl (C=O) groups is 1. The lowest BCUT2D eigenvalue weighted by Crippen LogP contribution is -2.51. The fourth-order valence-corrected chi connectivity index (χ4v) is 5.61. The summed E-state index contributed by atoms with van der Waals surface area (Å²) in [4.78, 5) is 23.2. The maximum atomic E-state index is 15.1. The van der Waals surface area contributed by atoms with E-state index in [4.69, 9.17) is 10.1 Å². The Labute approximate surface area is 204 Å². The van der Waals surface area contributed by atoms with E-state index in [9.17, 15) is 9.18 Å². The zero-order chi connectivity index (χ0) is 24.3. The molecule has 4 aromatic rings. The van der Waals surface area contributed by atoms with Crippen LogP contribution in [-0.2, 0) is 10.2 Å². The summed E-state index contributed by atoms with van der Waals surface area (Å²) in [5.41, 5.74) is 3.24. The lowest BCUT2D eigenvalue weighted by atomic mass is 9.89. The van der Waals surface area contributed by atoms with Crippen LogP contribution in [-0.4, -0.2) is 39.0 Å². The minimum Gasteiger partial charge on any atom is -0.481 e. The van der Waals surface area contributed by atoms with Gasteiger partial charge in [-0.25, -0.2) is 18.7 Å². The highest BCUT2D eigenvalue weighted by Gasteiger charge is 2.40.